The highest BCUT2D eigenvalue weighted by Crippen LogP contribution is 2.15. The van der Waals surface area contributed by atoms with Crippen LogP contribution in [0.2, 0.25) is 0 Å². The average molecular weight is 301 g/mol. The normalized spacial score (nSPS) is 20.8. The van der Waals surface area contributed by atoms with Crippen molar-refractivity contribution in [1.82, 2.24) is 15.1 Å². The number of urea groups is 1. The van der Waals surface area contributed by atoms with Gasteiger partial charge in [0.1, 0.15) is 0 Å². The van der Waals surface area contributed by atoms with Crippen LogP contribution < -0.4 is 5.32 Å². The van der Waals surface area contributed by atoms with E-state index in [4.69, 9.17) is 0 Å². The van der Waals surface area contributed by atoms with Gasteiger partial charge in [0.25, 0.3) is 0 Å². The predicted octanol–water partition coefficient (Wildman–Crippen LogP) is 2.85. The van der Waals surface area contributed by atoms with Crippen LogP contribution >= 0.6 is 0 Å². The molecule has 0 unspecified atom stereocenters. The van der Waals surface area contributed by atoms with Crippen molar-refractivity contribution in [3.63, 3.8) is 0 Å². The molecule has 0 spiro atoms. The van der Waals surface area contributed by atoms with E-state index in [1.165, 1.54) is 12.0 Å². The van der Waals surface area contributed by atoms with E-state index in [1.54, 1.807) is 0 Å². The van der Waals surface area contributed by atoms with Crippen LogP contribution in [0.4, 0.5) is 4.79 Å². The predicted molar refractivity (Wildman–Crippen MR) is 88.7 cm³/mol. The van der Waals surface area contributed by atoms with Crippen molar-refractivity contribution in [3.8, 4) is 0 Å². The van der Waals surface area contributed by atoms with E-state index in [9.17, 15) is 4.79 Å². The molecular weight excluding hydrogens is 274 g/mol. The highest BCUT2D eigenvalue weighted by Gasteiger charge is 2.23. The molecule has 0 radical (unpaired) electrons. The minimum Gasteiger partial charge on any atom is -0.335 e. The van der Waals surface area contributed by atoms with Gasteiger partial charge in [0.2, 0.25) is 0 Å². The van der Waals surface area contributed by atoms with Crippen molar-refractivity contribution in [1.29, 1.82) is 0 Å². The number of nitrogens with one attached hydrogen (secondary N) is 1. The third-order valence-corrected chi connectivity index (χ3v) is 4.81. The minimum absolute atomic E-state index is 0.154. The van der Waals surface area contributed by atoms with Gasteiger partial charge >= 0.3 is 6.03 Å². The van der Waals surface area contributed by atoms with Crippen molar-refractivity contribution in [2.24, 2.45) is 0 Å². The summed E-state index contributed by atoms with van der Waals surface area (Å²) >= 11 is 0. The first-order valence-corrected chi connectivity index (χ1v) is 8.63. The van der Waals surface area contributed by atoms with Gasteiger partial charge in [0.05, 0.1) is 0 Å². The Balaban J connectivity index is 1.40. The number of likely N-dealkylation sites (tertiary alicyclic amines) is 2. The van der Waals surface area contributed by atoms with E-state index in [1.807, 2.05) is 4.90 Å². The molecule has 120 valence electrons. The molecular formula is C18H27N3O. The second kappa shape index (κ2) is 7.63. The highest BCUT2D eigenvalue weighted by molar-refractivity contribution is 5.74. The van der Waals surface area contributed by atoms with Gasteiger partial charge in [-0.2, -0.15) is 0 Å². The Morgan fingerprint density at radius 3 is 2.36 bits per heavy atom. The van der Waals surface area contributed by atoms with Crippen molar-refractivity contribution in [3.05, 3.63) is 35.9 Å². The number of carbonyl (C=O) groups excluding carboxylic acids is 1. The monoisotopic (exact) mass is 301 g/mol. The summed E-state index contributed by atoms with van der Waals surface area (Å²) < 4.78 is 0. The first-order chi connectivity index (χ1) is 10.8. The van der Waals surface area contributed by atoms with Gasteiger partial charge in [-0.25, -0.2) is 4.79 Å². The molecule has 1 N–H and O–H groups in total. The van der Waals surface area contributed by atoms with Gasteiger partial charge in [-0.15, -0.1) is 0 Å². The van der Waals surface area contributed by atoms with Gasteiger partial charge < -0.3 is 10.2 Å². The molecule has 4 heteroatoms. The molecule has 2 fully saturated rings. The second-order valence-electron chi connectivity index (χ2n) is 6.53. The van der Waals surface area contributed by atoms with Crippen LogP contribution in [0.1, 0.15) is 37.7 Å². The summed E-state index contributed by atoms with van der Waals surface area (Å²) in [5.74, 6) is 0. The summed E-state index contributed by atoms with van der Waals surface area (Å²) in [4.78, 5) is 16.7. The van der Waals surface area contributed by atoms with Crippen LogP contribution in [0.5, 0.6) is 0 Å². The van der Waals surface area contributed by atoms with Crippen molar-refractivity contribution in [2.75, 3.05) is 26.2 Å². The lowest BCUT2D eigenvalue weighted by atomic mass is 10.0. The lowest BCUT2D eigenvalue weighted by Crippen LogP contribution is -2.50. The van der Waals surface area contributed by atoms with Crippen LogP contribution in [0, 0.1) is 0 Å². The molecule has 0 aromatic heterocycles. The second-order valence-corrected chi connectivity index (χ2v) is 6.53. The number of hydrogen-bond acceptors (Lipinski definition) is 2. The van der Waals surface area contributed by atoms with Crippen LogP contribution in [0.25, 0.3) is 0 Å². The molecule has 1 aromatic rings. The zero-order chi connectivity index (χ0) is 15.2. The number of nitrogens with zero attached hydrogens (tertiary/aromatic N) is 2. The van der Waals surface area contributed by atoms with E-state index in [0.29, 0.717) is 6.04 Å². The maximum Gasteiger partial charge on any atom is 0.317 e. The van der Waals surface area contributed by atoms with E-state index < -0.39 is 0 Å². The molecule has 3 rings (SSSR count). The Kier molecular flexibility index (Phi) is 5.33. The smallest absolute Gasteiger partial charge is 0.317 e. The van der Waals surface area contributed by atoms with E-state index in [0.717, 1.165) is 58.4 Å². The van der Waals surface area contributed by atoms with Gasteiger partial charge in [-0.05, 0) is 37.7 Å². The van der Waals surface area contributed by atoms with Crippen LogP contribution in [0.15, 0.2) is 30.3 Å². The fourth-order valence-corrected chi connectivity index (χ4v) is 3.44. The first-order valence-electron chi connectivity index (χ1n) is 8.63. The molecule has 4 nitrogen and oxygen atoms in total. The first kappa shape index (κ1) is 15.3. The molecule has 0 bridgehead atoms. The van der Waals surface area contributed by atoms with E-state index in [-0.39, 0.29) is 6.03 Å². The maximum absolute atomic E-state index is 12.2. The Morgan fingerprint density at radius 2 is 1.68 bits per heavy atom. The standard InChI is InChI=1S/C18H27N3O/c22-18(21-11-5-2-6-12-21)19-17-9-13-20(14-10-17)15-16-7-3-1-4-8-16/h1,3-4,7-8,17H,2,5-6,9-15H2,(H,19,22). The Hall–Kier alpha value is -1.55. The van der Waals surface area contributed by atoms with Gasteiger partial charge in [0.15, 0.2) is 0 Å². The molecule has 2 aliphatic rings. The SMILES string of the molecule is O=C(NC1CCN(Cc2ccccc2)CC1)N1CCCCC1. The lowest BCUT2D eigenvalue weighted by molar-refractivity contribution is 0.162. The summed E-state index contributed by atoms with van der Waals surface area (Å²) in [6, 6.07) is 11.1. The summed E-state index contributed by atoms with van der Waals surface area (Å²) in [7, 11) is 0. The van der Waals surface area contributed by atoms with Crippen LogP contribution in [0.3, 0.4) is 0 Å². The molecule has 2 aliphatic heterocycles. The van der Waals surface area contributed by atoms with Crippen LogP contribution in [-0.2, 0) is 6.54 Å². The third kappa shape index (κ3) is 4.23. The fourth-order valence-electron chi connectivity index (χ4n) is 3.44. The lowest BCUT2D eigenvalue weighted by Gasteiger charge is -2.34. The largest absolute Gasteiger partial charge is 0.335 e. The quantitative estimate of drug-likeness (QED) is 0.932. The zero-order valence-electron chi connectivity index (χ0n) is 13.3. The summed E-state index contributed by atoms with van der Waals surface area (Å²) in [5.41, 5.74) is 1.37. The fraction of sp³-hybridized carbons (Fsp3) is 0.611. The van der Waals surface area contributed by atoms with Crippen molar-refractivity contribution < 1.29 is 4.79 Å². The molecule has 0 aliphatic carbocycles. The maximum atomic E-state index is 12.2. The number of piperidine rings is 2. The number of amides is 2. The molecule has 22 heavy (non-hydrogen) atoms. The number of benzene rings is 1. The Labute approximate surface area is 133 Å². The Bertz CT molecular complexity index is 462. The summed E-state index contributed by atoms with van der Waals surface area (Å²) in [6.07, 6.45) is 5.70. The molecule has 0 saturated carbocycles. The Morgan fingerprint density at radius 1 is 1.00 bits per heavy atom. The third-order valence-electron chi connectivity index (χ3n) is 4.81. The molecule has 0 atom stereocenters. The number of hydrogen-bond donors (Lipinski definition) is 1. The van der Waals surface area contributed by atoms with Gasteiger partial charge in [0, 0.05) is 38.8 Å². The molecule has 2 amide bonds. The van der Waals surface area contributed by atoms with Crippen LogP contribution in [-0.4, -0.2) is 48.1 Å². The molecule has 2 heterocycles. The minimum atomic E-state index is 0.154. The van der Waals surface area contributed by atoms with Gasteiger partial charge in [-0.1, -0.05) is 30.3 Å². The van der Waals surface area contributed by atoms with Gasteiger partial charge in [-0.3, -0.25) is 4.90 Å². The average Bonchev–Trinajstić information content (AvgIpc) is 2.58. The number of carbonyl (C=O) groups is 1. The van der Waals surface area contributed by atoms with Crippen molar-refractivity contribution >= 4 is 6.03 Å². The molecule has 1 aromatic carbocycles. The summed E-state index contributed by atoms with van der Waals surface area (Å²) in [6.45, 7) is 5.02. The van der Waals surface area contributed by atoms with Crippen molar-refractivity contribution in [2.45, 2.75) is 44.7 Å². The number of rotatable bonds is 3. The summed E-state index contributed by atoms with van der Waals surface area (Å²) in [5, 5.41) is 3.23. The van der Waals surface area contributed by atoms with E-state index >= 15 is 0 Å². The molecule has 2 saturated heterocycles. The topological polar surface area (TPSA) is 35.6 Å². The van der Waals surface area contributed by atoms with E-state index in [2.05, 4.69) is 40.5 Å². The highest BCUT2D eigenvalue weighted by atomic mass is 16.2. The zero-order valence-corrected chi connectivity index (χ0v) is 13.3.